The number of rotatable bonds is 2. The zero-order valence-corrected chi connectivity index (χ0v) is 8.87. The molecule has 0 aromatic carbocycles. The summed E-state index contributed by atoms with van der Waals surface area (Å²) >= 11 is 0. The Kier molecular flexibility index (Phi) is 3.81. The van der Waals surface area contributed by atoms with E-state index in [-0.39, 0.29) is 0 Å². The number of hydrogen-bond donors (Lipinski definition) is 0. The zero-order valence-electron chi connectivity index (χ0n) is 7.71. The topological polar surface area (TPSA) is 3.24 Å². The molecule has 1 saturated heterocycles. The summed E-state index contributed by atoms with van der Waals surface area (Å²) in [4.78, 5) is 2.59. The number of piperidine rings is 1. The normalized spacial score (nSPS) is 22.9. The maximum absolute atomic E-state index is 2.94. The summed E-state index contributed by atoms with van der Waals surface area (Å²) in [5.41, 5.74) is 0.887. The van der Waals surface area contributed by atoms with E-state index in [1.807, 2.05) is 0 Å². The molecule has 11 heavy (non-hydrogen) atoms. The predicted octanol–water partition coefficient (Wildman–Crippen LogP) is 1.98. The first-order chi connectivity index (χ1) is 5.18. The Morgan fingerprint density at radius 2 is 1.91 bits per heavy atom. The second kappa shape index (κ2) is 4.42. The van der Waals surface area contributed by atoms with Crippen LogP contribution in [0.15, 0.2) is 0 Å². The van der Waals surface area contributed by atoms with Gasteiger partial charge in [-0.1, -0.05) is 13.8 Å². The van der Waals surface area contributed by atoms with Crippen LogP contribution >= 0.6 is 9.24 Å². The summed E-state index contributed by atoms with van der Waals surface area (Å²) in [6.07, 6.45) is 2.74. The van der Waals surface area contributed by atoms with Gasteiger partial charge in [-0.15, -0.1) is 9.24 Å². The number of nitrogens with zero attached hydrogens (tertiary/aromatic N) is 1. The number of hydrogen-bond acceptors (Lipinski definition) is 1. The molecule has 1 nitrogen and oxygen atoms in total. The Morgan fingerprint density at radius 3 is 2.36 bits per heavy atom. The van der Waals surface area contributed by atoms with E-state index in [4.69, 9.17) is 0 Å². The highest BCUT2D eigenvalue weighted by Crippen LogP contribution is 2.17. The van der Waals surface area contributed by atoms with Gasteiger partial charge in [0.05, 0.1) is 0 Å². The Labute approximate surface area is 72.7 Å². The zero-order chi connectivity index (χ0) is 8.27. The Bertz CT molecular complexity index is 106. The van der Waals surface area contributed by atoms with Crippen LogP contribution in [0.25, 0.3) is 0 Å². The SMILES string of the molecule is CC(C)CN1CCC(P)CC1. The Morgan fingerprint density at radius 1 is 1.36 bits per heavy atom. The highest BCUT2D eigenvalue weighted by atomic mass is 31.0. The molecule has 0 bridgehead atoms. The van der Waals surface area contributed by atoms with Gasteiger partial charge < -0.3 is 4.90 Å². The van der Waals surface area contributed by atoms with Crippen molar-refractivity contribution in [1.82, 2.24) is 4.90 Å². The molecule has 0 aromatic rings. The van der Waals surface area contributed by atoms with Crippen molar-refractivity contribution in [3.8, 4) is 0 Å². The smallest absolute Gasteiger partial charge is 0.000439 e. The lowest BCUT2D eigenvalue weighted by Gasteiger charge is -2.31. The van der Waals surface area contributed by atoms with Crippen molar-refractivity contribution in [2.45, 2.75) is 32.3 Å². The van der Waals surface area contributed by atoms with E-state index in [9.17, 15) is 0 Å². The van der Waals surface area contributed by atoms with E-state index in [0.29, 0.717) is 0 Å². The van der Waals surface area contributed by atoms with Crippen molar-refractivity contribution in [3.05, 3.63) is 0 Å². The van der Waals surface area contributed by atoms with Crippen molar-refractivity contribution in [2.75, 3.05) is 19.6 Å². The fraction of sp³-hybridized carbons (Fsp3) is 1.00. The van der Waals surface area contributed by atoms with E-state index in [2.05, 4.69) is 28.0 Å². The Balaban J connectivity index is 2.17. The molecule has 0 aliphatic carbocycles. The van der Waals surface area contributed by atoms with Crippen LogP contribution < -0.4 is 0 Å². The first kappa shape index (κ1) is 9.48. The van der Waals surface area contributed by atoms with Crippen LogP contribution in [0, 0.1) is 5.92 Å². The molecule has 1 rings (SSSR count). The molecule has 66 valence electrons. The van der Waals surface area contributed by atoms with Gasteiger partial charge in [-0.3, -0.25) is 0 Å². The molecule has 0 N–H and O–H groups in total. The molecule has 0 amide bonds. The van der Waals surface area contributed by atoms with Gasteiger partial charge in [0.25, 0.3) is 0 Å². The van der Waals surface area contributed by atoms with Crippen LogP contribution in [0.2, 0.25) is 0 Å². The Hall–Kier alpha value is 0.390. The highest BCUT2D eigenvalue weighted by molar-refractivity contribution is 7.17. The molecule has 0 radical (unpaired) electrons. The van der Waals surface area contributed by atoms with Crippen molar-refractivity contribution >= 4 is 9.24 Å². The van der Waals surface area contributed by atoms with Crippen LogP contribution in [0.5, 0.6) is 0 Å². The lowest BCUT2D eigenvalue weighted by Crippen LogP contribution is -2.36. The van der Waals surface area contributed by atoms with Crippen LogP contribution in [-0.4, -0.2) is 30.2 Å². The van der Waals surface area contributed by atoms with Gasteiger partial charge in [-0.25, -0.2) is 0 Å². The fourth-order valence-corrected chi connectivity index (χ4v) is 1.95. The summed E-state index contributed by atoms with van der Waals surface area (Å²) in [6.45, 7) is 8.51. The summed E-state index contributed by atoms with van der Waals surface area (Å²) in [5, 5.41) is 0. The first-order valence-corrected chi connectivity index (χ1v) is 5.33. The van der Waals surface area contributed by atoms with Crippen molar-refractivity contribution < 1.29 is 0 Å². The third-order valence-corrected chi connectivity index (χ3v) is 2.92. The first-order valence-electron chi connectivity index (χ1n) is 4.66. The predicted molar refractivity (Wildman–Crippen MR) is 54.0 cm³/mol. The second-order valence-corrected chi connectivity index (χ2v) is 4.97. The van der Waals surface area contributed by atoms with E-state index in [0.717, 1.165) is 11.6 Å². The van der Waals surface area contributed by atoms with Gasteiger partial charge in [0.2, 0.25) is 0 Å². The number of likely N-dealkylation sites (tertiary alicyclic amines) is 1. The molecular formula is C9H20NP. The third kappa shape index (κ3) is 3.53. The summed E-state index contributed by atoms with van der Waals surface area (Å²) in [6, 6.07) is 0. The average Bonchev–Trinajstić information content (AvgIpc) is 1.93. The quantitative estimate of drug-likeness (QED) is 0.577. The fourth-order valence-electron chi connectivity index (χ4n) is 1.65. The van der Waals surface area contributed by atoms with Crippen molar-refractivity contribution in [2.24, 2.45) is 5.92 Å². The van der Waals surface area contributed by atoms with Crippen molar-refractivity contribution in [1.29, 1.82) is 0 Å². The molecule has 1 atom stereocenters. The van der Waals surface area contributed by atoms with E-state index < -0.39 is 0 Å². The van der Waals surface area contributed by atoms with Gasteiger partial charge in [-0.2, -0.15) is 0 Å². The lowest BCUT2D eigenvalue weighted by molar-refractivity contribution is 0.209. The molecular weight excluding hydrogens is 153 g/mol. The van der Waals surface area contributed by atoms with Crippen LogP contribution in [0.1, 0.15) is 26.7 Å². The summed E-state index contributed by atoms with van der Waals surface area (Å²) in [5.74, 6) is 0.830. The summed E-state index contributed by atoms with van der Waals surface area (Å²) < 4.78 is 0. The standard InChI is InChI=1S/C9H20NP/c1-8(2)7-10-5-3-9(11)4-6-10/h8-9H,3-7,11H2,1-2H3. The van der Waals surface area contributed by atoms with E-state index in [1.165, 1.54) is 32.5 Å². The third-order valence-electron chi connectivity index (χ3n) is 2.26. The minimum Gasteiger partial charge on any atom is -0.303 e. The molecule has 1 aliphatic rings. The monoisotopic (exact) mass is 173 g/mol. The van der Waals surface area contributed by atoms with Gasteiger partial charge >= 0.3 is 0 Å². The van der Waals surface area contributed by atoms with Gasteiger partial charge in [0, 0.05) is 6.54 Å². The highest BCUT2D eigenvalue weighted by Gasteiger charge is 2.15. The van der Waals surface area contributed by atoms with Crippen molar-refractivity contribution in [3.63, 3.8) is 0 Å². The lowest BCUT2D eigenvalue weighted by atomic mass is 10.1. The molecule has 1 aliphatic heterocycles. The van der Waals surface area contributed by atoms with E-state index >= 15 is 0 Å². The van der Waals surface area contributed by atoms with Gasteiger partial charge in [-0.05, 0) is 37.5 Å². The molecule has 1 heterocycles. The van der Waals surface area contributed by atoms with Gasteiger partial charge in [0.15, 0.2) is 0 Å². The molecule has 2 heteroatoms. The summed E-state index contributed by atoms with van der Waals surface area (Å²) in [7, 11) is 2.94. The average molecular weight is 173 g/mol. The van der Waals surface area contributed by atoms with E-state index in [1.54, 1.807) is 0 Å². The molecule has 0 aromatic heterocycles. The largest absolute Gasteiger partial charge is 0.303 e. The maximum atomic E-state index is 2.94. The maximum Gasteiger partial charge on any atom is 0.000439 e. The van der Waals surface area contributed by atoms with Crippen LogP contribution in [0.3, 0.4) is 0 Å². The van der Waals surface area contributed by atoms with Gasteiger partial charge in [0.1, 0.15) is 0 Å². The van der Waals surface area contributed by atoms with Crippen LogP contribution in [0.4, 0.5) is 0 Å². The molecule has 1 unspecified atom stereocenters. The molecule has 1 fully saturated rings. The molecule has 0 spiro atoms. The minimum absolute atomic E-state index is 0.830. The second-order valence-electron chi connectivity index (χ2n) is 4.03. The van der Waals surface area contributed by atoms with Crippen LogP contribution in [-0.2, 0) is 0 Å². The minimum atomic E-state index is 0.830. The molecule has 0 saturated carbocycles.